The van der Waals surface area contributed by atoms with Crippen LogP contribution in [0, 0.1) is 11.8 Å². The third kappa shape index (κ3) is 1.90. The third-order valence-corrected chi connectivity index (χ3v) is 2.07. The molecule has 2 N–H and O–H groups in total. The molecule has 0 atom stereocenters. The van der Waals surface area contributed by atoms with Gasteiger partial charge in [0.05, 0.1) is 0 Å². The third-order valence-electron chi connectivity index (χ3n) is 2.07. The molecule has 0 amide bonds. The Morgan fingerprint density at radius 1 is 1.33 bits per heavy atom. The molecule has 3 heteroatoms. The van der Waals surface area contributed by atoms with Crippen molar-refractivity contribution < 1.29 is 5.11 Å². The van der Waals surface area contributed by atoms with E-state index in [1.807, 2.05) is 0 Å². The first-order valence-corrected chi connectivity index (χ1v) is 4.52. The molecule has 15 heavy (non-hydrogen) atoms. The van der Waals surface area contributed by atoms with Crippen LogP contribution < -0.4 is 5.43 Å². The van der Waals surface area contributed by atoms with Crippen LogP contribution in [0.3, 0.4) is 0 Å². The highest BCUT2D eigenvalue weighted by atomic mass is 16.2. The zero-order chi connectivity index (χ0) is 10.7. The van der Waals surface area contributed by atoms with E-state index >= 15 is 0 Å². The van der Waals surface area contributed by atoms with Crippen molar-refractivity contribution >= 4 is 10.9 Å². The zero-order valence-corrected chi connectivity index (χ0v) is 7.95. The van der Waals surface area contributed by atoms with Gasteiger partial charge in [0.25, 0.3) is 0 Å². The number of nitrogens with one attached hydrogen (secondary N) is 1. The maximum atomic E-state index is 11.5. The summed E-state index contributed by atoms with van der Waals surface area (Å²) in [5, 5.41) is 9.17. The second kappa shape index (κ2) is 3.99. The minimum atomic E-state index is -0.177. The lowest BCUT2D eigenvalue weighted by Crippen LogP contribution is -1.99. The summed E-state index contributed by atoms with van der Waals surface area (Å²) in [5.74, 6) is 5.30. The van der Waals surface area contributed by atoms with Crippen LogP contribution in [0.25, 0.3) is 10.9 Å². The van der Waals surface area contributed by atoms with Gasteiger partial charge in [-0.25, -0.2) is 0 Å². The number of hydrogen-bond donors (Lipinski definition) is 2. The summed E-state index contributed by atoms with van der Waals surface area (Å²) in [4.78, 5) is 14.5. The second-order valence-corrected chi connectivity index (χ2v) is 3.06. The van der Waals surface area contributed by atoms with Crippen LogP contribution in [0.15, 0.2) is 35.3 Å². The lowest BCUT2D eigenvalue weighted by molar-refractivity contribution is 0.350. The molecule has 0 radical (unpaired) electrons. The molecular weight excluding hydrogens is 190 g/mol. The van der Waals surface area contributed by atoms with E-state index in [9.17, 15) is 4.79 Å². The first-order valence-electron chi connectivity index (χ1n) is 4.52. The molecule has 74 valence electrons. The molecule has 1 aromatic carbocycles. The maximum Gasteiger partial charge on any atom is 0.189 e. The monoisotopic (exact) mass is 199 g/mol. The van der Waals surface area contributed by atoms with Gasteiger partial charge < -0.3 is 10.1 Å². The normalized spacial score (nSPS) is 9.67. The Morgan fingerprint density at radius 3 is 3.00 bits per heavy atom. The largest absolute Gasteiger partial charge is 0.384 e. The van der Waals surface area contributed by atoms with Gasteiger partial charge in [0.1, 0.15) is 6.61 Å². The van der Waals surface area contributed by atoms with Gasteiger partial charge in [-0.2, -0.15) is 0 Å². The van der Waals surface area contributed by atoms with E-state index in [4.69, 9.17) is 5.11 Å². The summed E-state index contributed by atoms with van der Waals surface area (Å²) in [6.07, 6.45) is 1.61. The van der Waals surface area contributed by atoms with Gasteiger partial charge in [-0.3, -0.25) is 4.79 Å². The van der Waals surface area contributed by atoms with Crippen molar-refractivity contribution in [3.8, 4) is 11.8 Å². The summed E-state index contributed by atoms with van der Waals surface area (Å²) in [7, 11) is 0. The highest BCUT2D eigenvalue weighted by molar-refractivity contribution is 5.79. The number of hydrogen-bond acceptors (Lipinski definition) is 2. The molecule has 0 spiro atoms. The predicted molar refractivity (Wildman–Crippen MR) is 58.5 cm³/mol. The van der Waals surface area contributed by atoms with E-state index in [1.54, 1.807) is 24.4 Å². The number of aliphatic hydroxyl groups is 1. The number of benzene rings is 1. The first kappa shape index (κ1) is 9.50. The smallest absolute Gasteiger partial charge is 0.189 e. The molecular formula is C12H9NO2. The Bertz CT molecular complexity index is 602. The summed E-state index contributed by atoms with van der Waals surface area (Å²) < 4.78 is 0. The van der Waals surface area contributed by atoms with Crippen molar-refractivity contribution in [1.29, 1.82) is 0 Å². The quantitative estimate of drug-likeness (QED) is 0.618. The van der Waals surface area contributed by atoms with Crippen molar-refractivity contribution in [2.45, 2.75) is 0 Å². The molecule has 0 fully saturated rings. The van der Waals surface area contributed by atoms with E-state index in [0.29, 0.717) is 5.39 Å². The minimum absolute atomic E-state index is 0.0311. The molecule has 0 bridgehead atoms. The Kier molecular flexibility index (Phi) is 2.53. The van der Waals surface area contributed by atoms with Crippen LogP contribution in [0.4, 0.5) is 0 Å². The average molecular weight is 199 g/mol. The molecule has 3 nitrogen and oxygen atoms in total. The Morgan fingerprint density at radius 2 is 2.20 bits per heavy atom. The van der Waals surface area contributed by atoms with Gasteiger partial charge in [0, 0.05) is 28.7 Å². The van der Waals surface area contributed by atoms with Crippen LogP contribution >= 0.6 is 0 Å². The number of rotatable bonds is 0. The highest BCUT2D eigenvalue weighted by Gasteiger charge is 1.97. The maximum absolute atomic E-state index is 11.5. The van der Waals surface area contributed by atoms with Crippen LogP contribution in [0.5, 0.6) is 0 Å². The van der Waals surface area contributed by atoms with Crippen molar-refractivity contribution in [2.24, 2.45) is 0 Å². The van der Waals surface area contributed by atoms with E-state index in [-0.39, 0.29) is 12.0 Å². The van der Waals surface area contributed by atoms with Crippen LogP contribution in [-0.2, 0) is 0 Å². The Balaban J connectivity index is 2.65. The second-order valence-electron chi connectivity index (χ2n) is 3.06. The molecule has 0 aliphatic heterocycles. The Hall–Kier alpha value is -2.05. The predicted octanol–water partition coefficient (Wildman–Crippen LogP) is 0.872. The van der Waals surface area contributed by atoms with Gasteiger partial charge in [-0.15, -0.1) is 0 Å². The van der Waals surface area contributed by atoms with E-state index in [0.717, 1.165) is 11.1 Å². The van der Waals surface area contributed by atoms with E-state index in [1.165, 1.54) is 6.07 Å². The first-order chi connectivity index (χ1) is 7.31. The van der Waals surface area contributed by atoms with Gasteiger partial charge >= 0.3 is 0 Å². The number of aromatic amines is 1. The number of aromatic nitrogens is 1. The SMILES string of the molecule is O=c1cc[nH]c2ccc(C#CCO)cc12. The van der Waals surface area contributed by atoms with Gasteiger partial charge in [0.15, 0.2) is 5.43 Å². The summed E-state index contributed by atoms with van der Waals surface area (Å²) in [6.45, 7) is -0.177. The molecule has 2 aromatic rings. The fraction of sp³-hybridized carbons (Fsp3) is 0.0833. The average Bonchev–Trinajstić information content (AvgIpc) is 2.27. The van der Waals surface area contributed by atoms with Crippen molar-refractivity contribution in [1.82, 2.24) is 4.98 Å². The standard InChI is InChI=1S/C12H9NO2/c14-7-1-2-9-3-4-11-10(8-9)12(15)5-6-13-11/h3-6,8,14H,7H2,(H,13,15). The highest BCUT2D eigenvalue weighted by Crippen LogP contribution is 2.08. The molecule has 0 saturated carbocycles. The number of pyridine rings is 1. The lowest BCUT2D eigenvalue weighted by Gasteiger charge is -1.96. The fourth-order valence-corrected chi connectivity index (χ4v) is 1.39. The van der Waals surface area contributed by atoms with Crippen LogP contribution in [0.2, 0.25) is 0 Å². The van der Waals surface area contributed by atoms with Crippen LogP contribution in [-0.4, -0.2) is 16.7 Å². The molecule has 1 aromatic heterocycles. The van der Waals surface area contributed by atoms with E-state index < -0.39 is 0 Å². The van der Waals surface area contributed by atoms with Crippen LogP contribution in [0.1, 0.15) is 5.56 Å². The van der Waals surface area contributed by atoms with Gasteiger partial charge in [-0.1, -0.05) is 11.8 Å². The molecule has 0 saturated heterocycles. The zero-order valence-electron chi connectivity index (χ0n) is 7.95. The van der Waals surface area contributed by atoms with E-state index in [2.05, 4.69) is 16.8 Å². The summed E-state index contributed by atoms with van der Waals surface area (Å²) >= 11 is 0. The van der Waals surface area contributed by atoms with Gasteiger partial charge in [0.2, 0.25) is 0 Å². The lowest BCUT2D eigenvalue weighted by atomic mass is 10.1. The summed E-state index contributed by atoms with van der Waals surface area (Å²) in [5.41, 5.74) is 1.49. The molecule has 2 rings (SSSR count). The Labute approximate surface area is 86.4 Å². The fourth-order valence-electron chi connectivity index (χ4n) is 1.39. The van der Waals surface area contributed by atoms with Crippen molar-refractivity contribution in [2.75, 3.05) is 6.61 Å². The topological polar surface area (TPSA) is 53.1 Å². The van der Waals surface area contributed by atoms with Crippen molar-refractivity contribution in [3.05, 3.63) is 46.2 Å². The molecule has 0 aliphatic rings. The molecule has 1 heterocycles. The minimum Gasteiger partial charge on any atom is -0.384 e. The van der Waals surface area contributed by atoms with Crippen molar-refractivity contribution in [3.63, 3.8) is 0 Å². The number of aliphatic hydroxyl groups excluding tert-OH is 1. The van der Waals surface area contributed by atoms with Gasteiger partial charge in [-0.05, 0) is 18.2 Å². The number of fused-ring (bicyclic) bond motifs is 1. The summed E-state index contributed by atoms with van der Waals surface area (Å²) in [6, 6.07) is 6.81. The molecule has 0 aliphatic carbocycles. The number of H-pyrrole nitrogens is 1. The molecule has 0 unspecified atom stereocenters.